The maximum absolute atomic E-state index is 13.2. The Morgan fingerprint density at radius 3 is 2.50 bits per heavy atom. The van der Waals surface area contributed by atoms with Gasteiger partial charge in [-0.2, -0.15) is 0 Å². The molecule has 0 unspecified atom stereocenters. The van der Waals surface area contributed by atoms with Crippen LogP contribution < -0.4 is 4.74 Å². The molecule has 110 valence electrons. The number of carbonyl (C=O) groups excluding carboxylic acids is 2. The Hall–Kier alpha value is -1.91. The quantitative estimate of drug-likeness (QED) is 0.417. The predicted octanol–water partition coefficient (Wildman–Crippen LogP) is 3.24. The van der Waals surface area contributed by atoms with E-state index < -0.39 is 11.8 Å². The number of rotatable bonds is 8. The SMILES string of the molecule is CCCCOC(=O)CCCC(=O)Oc1ccccc1F. The van der Waals surface area contributed by atoms with Crippen LogP contribution in [0, 0.1) is 5.82 Å². The topological polar surface area (TPSA) is 52.6 Å². The lowest BCUT2D eigenvalue weighted by atomic mass is 10.2. The van der Waals surface area contributed by atoms with Crippen molar-refractivity contribution in [1.29, 1.82) is 0 Å². The molecule has 4 nitrogen and oxygen atoms in total. The lowest BCUT2D eigenvalue weighted by Gasteiger charge is -2.05. The summed E-state index contributed by atoms with van der Waals surface area (Å²) in [6.07, 6.45) is 2.34. The maximum Gasteiger partial charge on any atom is 0.311 e. The van der Waals surface area contributed by atoms with Gasteiger partial charge < -0.3 is 9.47 Å². The highest BCUT2D eigenvalue weighted by Crippen LogP contribution is 2.16. The first-order chi connectivity index (χ1) is 9.63. The zero-order valence-electron chi connectivity index (χ0n) is 11.6. The minimum absolute atomic E-state index is 0.0528. The van der Waals surface area contributed by atoms with Crippen LogP contribution in [0.15, 0.2) is 24.3 Å². The van der Waals surface area contributed by atoms with Crippen LogP contribution in [-0.2, 0) is 14.3 Å². The summed E-state index contributed by atoms with van der Waals surface area (Å²) in [6.45, 7) is 2.42. The second-order valence-corrected chi connectivity index (χ2v) is 4.33. The minimum Gasteiger partial charge on any atom is -0.466 e. The molecule has 0 bridgehead atoms. The Bertz CT molecular complexity index is 445. The second kappa shape index (κ2) is 9.07. The molecule has 0 atom stereocenters. The van der Waals surface area contributed by atoms with Gasteiger partial charge in [0, 0.05) is 12.8 Å². The molecule has 1 aromatic rings. The summed E-state index contributed by atoms with van der Waals surface area (Å²) in [5.74, 6) is -1.56. The fraction of sp³-hybridized carbons (Fsp3) is 0.467. The van der Waals surface area contributed by atoms with Gasteiger partial charge >= 0.3 is 11.9 Å². The summed E-state index contributed by atoms with van der Waals surface area (Å²) in [6, 6.07) is 5.69. The summed E-state index contributed by atoms with van der Waals surface area (Å²) in [5.41, 5.74) is 0. The summed E-state index contributed by atoms with van der Waals surface area (Å²) in [7, 11) is 0. The molecular weight excluding hydrogens is 263 g/mol. The van der Waals surface area contributed by atoms with E-state index in [1.165, 1.54) is 18.2 Å². The maximum atomic E-state index is 13.2. The standard InChI is InChI=1S/C15H19FO4/c1-2-3-11-19-14(17)9-6-10-15(18)20-13-8-5-4-7-12(13)16/h4-5,7-8H,2-3,6,9-11H2,1H3. The number of ether oxygens (including phenoxy) is 2. The van der Waals surface area contributed by atoms with E-state index in [4.69, 9.17) is 9.47 Å². The Morgan fingerprint density at radius 2 is 1.80 bits per heavy atom. The Balaban J connectivity index is 2.20. The smallest absolute Gasteiger partial charge is 0.311 e. The Morgan fingerprint density at radius 1 is 1.10 bits per heavy atom. The molecule has 0 amide bonds. The highest BCUT2D eigenvalue weighted by molar-refractivity contribution is 5.74. The Labute approximate surface area is 117 Å². The van der Waals surface area contributed by atoms with Crippen molar-refractivity contribution >= 4 is 11.9 Å². The van der Waals surface area contributed by atoms with Gasteiger partial charge in [-0.15, -0.1) is 0 Å². The molecule has 0 aliphatic rings. The van der Waals surface area contributed by atoms with Crippen LogP contribution in [0.3, 0.4) is 0 Å². The number of esters is 2. The molecule has 5 heteroatoms. The molecule has 0 saturated carbocycles. The molecule has 0 aliphatic heterocycles. The molecule has 0 aromatic heterocycles. The monoisotopic (exact) mass is 282 g/mol. The third-order valence-electron chi connectivity index (χ3n) is 2.58. The van der Waals surface area contributed by atoms with Crippen molar-refractivity contribution < 1.29 is 23.5 Å². The van der Waals surface area contributed by atoms with Crippen molar-refractivity contribution in [2.24, 2.45) is 0 Å². The molecule has 1 rings (SSSR count). The number of hydrogen-bond acceptors (Lipinski definition) is 4. The second-order valence-electron chi connectivity index (χ2n) is 4.33. The Kier molecular flexibility index (Phi) is 7.32. The van der Waals surface area contributed by atoms with E-state index in [-0.39, 0.29) is 24.6 Å². The molecule has 0 spiro atoms. The lowest BCUT2D eigenvalue weighted by Crippen LogP contribution is -2.11. The first kappa shape index (κ1) is 16.1. The van der Waals surface area contributed by atoms with Gasteiger partial charge in [0.2, 0.25) is 0 Å². The van der Waals surface area contributed by atoms with Gasteiger partial charge in [0.1, 0.15) is 0 Å². The molecule has 0 fully saturated rings. The van der Waals surface area contributed by atoms with Gasteiger partial charge in [-0.25, -0.2) is 4.39 Å². The van der Waals surface area contributed by atoms with Crippen LogP contribution in [-0.4, -0.2) is 18.5 Å². The van der Waals surface area contributed by atoms with E-state index in [1.807, 2.05) is 6.92 Å². The van der Waals surface area contributed by atoms with E-state index >= 15 is 0 Å². The summed E-state index contributed by atoms with van der Waals surface area (Å²) in [5, 5.41) is 0. The van der Waals surface area contributed by atoms with E-state index in [1.54, 1.807) is 6.07 Å². The molecular formula is C15H19FO4. The molecule has 20 heavy (non-hydrogen) atoms. The third kappa shape index (κ3) is 6.31. The normalized spacial score (nSPS) is 10.1. The van der Waals surface area contributed by atoms with Crippen LogP contribution in [0.5, 0.6) is 5.75 Å². The van der Waals surface area contributed by atoms with Crippen LogP contribution in [0.25, 0.3) is 0 Å². The van der Waals surface area contributed by atoms with Gasteiger partial charge in [0.25, 0.3) is 0 Å². The third-order valence-corrected chi connectivity index (χ3v) is 2.58. The van der Waals surface area contributed by atoms with Crippen LogP contribution in [0.2, 0.25) is 0 Å². The number of carbonyl (C=O) groups is 2. The van der Waals surface area contributed by atoms with Gasteiger partial charge in [-0.1, -0.05) is 25.5 Å². The van der Waals surface area contributed by atoms with Crippen molar-refractivity contribution in [3.63, 3.8) is 0 Å². The summed E-state index contributed by atoms with van der Waals surface area (Å²) < 4.78 is 23.0. The predicted molar refractivity (Wildman–Crippen MR) is 71.8 cm³/mol. The van der Waals surface area contributed by atoms with E-state index in [9.17, 15) is 14.0 Å². The highest BCUT2D eigenvalue weighted by atomic mass is 19.1. The molecule has 0 heterocycles. The molecule has 0 saturated heterocycles. The van der Waals surface area contributed by atoms with E-state index in [0.717, 1.165) is 12.8 Å². The minimum atomic E-state index is -0.583. The number of para-hydroxylation sites is 1. The first-order valence-electron chi connectivity index (χ1n) is 6.74. The zero-order chi connectivity index (χ0) is 14.8. The van der Waals surface area contributed by atoms with Crippen molar-refractivity contribution in [2.45, 2.75) is 39.0 Å². The van der Waals surface area contributed by atoms with Crippen molar-refractivity contribution in [3.05, 3.63) is 30.1 Å². The van der Waals surface area contributed by atoms with Gasteiger partial charge in [-0.3, -0.25) is 9.59 Å². The largest absolute Gasteiger partial charge is 0.466 e. The summed E-state index contributed by atoms with van der Waals surface area (Å²) >= 11 is 0. The summed E-state index contributed by atoms with van der Waals surface area (Å²) in [4.78, 5) is 22.7. The van der Waals surface area contributed by atoms with Crippen molar-refractivity contribution in [1.82, 2.24) is 0 Å². The average Bonchev–Trinajstić information content (AvgIpc) is 2.42. The van der Waals surface area contributed by atoms with Crippen molar-refractivity contribution in [3.8, 4) is 5.75 Å². The number of hydrogen-bond donors (Lipinski definition) is 0. The van der Waals surface area contributed by atoms with E-state index in [2.05, 4.69) is 0 Å². The fourth-order valence-corrected chi connectivity index (χ4v) is 1.48. The average molecular weight is 282 g/mol. The molecule has 0 radical (unpaired) electrons. The van der Waals surface area contributed by atoms with Crippen LogP contribution in [0.4, 0.5) is 4.39 Å². The highest BCUT2D eigenvalue weighted by Gasteiger charge is 2.10. The van der Waals surface area contributed by atoms with Gasteiger partial charge in [0.05, 0.1) is 6.61 Å². The van der Waals surface area contributed by atoms with Gasteiger partial charge in [0.15, 0.2) is 11.6 Å². The van der Waals surface area contributed by atoms with Crippen LogP contribution in [0.1, 0.15) is 39.0 Å². The first-order valence-corrected chi connectivity index (χ1v) is 6.74. The number of benzene rings is 1. The fourth-order valence-electron chi connectivity index (χ4n) is 1.48. The van der Waals surface area contributed by atoms with E-state index in [0.29, 0.717) is 13.0 Å². The number of halogens is 1. The molecule has 0 N–H and O–H groups in total. The van der Waals surface area contributed by atoms with Gasteiger partial charge in [-0.05, 0) is 25.0 Å². The number of unbranched alkanes of at least 4 members (excludes halogenated alkanes) is 1. The molecule has 0 aliphatic carbocycles. The molecule has 1 aromatic carbocycles. The van der Waals surface area contributed by atoms with Crippen LogP contribution >= 0.6 is 0 Å². The lowest BCUT2D eigenvalue weighted by molar-refractivity contribution is -0.144. The van der Waals surface area contributed by atoms with Crippen molar-refractivity contribution in [2.75, 3.05) is 6.61 Å². The zero-order valence-corrected chi connectivity index (χ0v) is 11.6.